The lowest BCUT2D eigenvalue weighted by Crippen LogP contribution is -2.49. The molecule has 0 aliphatic carbocycles. The third-order valence-electron chi connectivity index (χ3n) is 4.46. The number of carbonyl (C=O) groups is 1. The molecule has 3 heterocycles. The zero-order valence-corrected chi connectivity index (χ0v) is 15.4. The van der Waals surface area contributed by atoms with Gasteiger partial charge in [0.05, 0.1) is 18.8 Å². The molecule has 0 saturated carbocycles. The molecule has 3 rings (SSSR count). The molecule has 1 N–H and O–H groups in total. The van der Waals surface area contributed by atoms with Gasteiger partial charge in [0.25, 0.3) is 0 Å². The molecule has 1 fully saturated rings. The molecule has 7 nitrogen and oxygen atoms in total. The number of carbonyl (C=O) groups excluding carboxylic acids is 1. The Bertz CT molecular complexity index is 715. The third kappa shape index (κ3) is 3.65. The minimum atomic E-state index is -3.63. The molecule has 2 atom stereocenters. The van der Waals surface area contributed by atoms with Crippen LogP contribution in [0.3, 0.4) is 0 Å². The van der Waals surface area contributed by atoms with Crippen molar-refractivity contribution in [2.45, 2.75) is 42.7 Å². The molecule has 0 radical (unpaired) electrons. The lowest BCUT2D eigenvalue weighted by molar-refractivity contribution is -0.129. The van der Waals surface area contributed by atoms with Gasteiger partial charge in [0, 0.05) is 38.6 Å². The van der Waals surface area contributed by atoms with E-state index in [1.807, 2.05) is 0 Å². The quantitative estimate of drug-likeness (QED) is 0.840. The molecule has 134 valence electrons. The number of ether oxygens (including phenoxy) is 2. The number of nitrogens with one attached hydrogen (secondary N) is 1. The SMILES string of the molecule is CO[C@@H]1CCOC[C@H]1NS(=O)(=O)c1cc2c(s1)CCN(C(C)=O)C2. The van der Waals surface area contributed by atoms with Gasteiger partial charge in [-0.3, -0.25) is 4.79 Å². The summed E-state index contributed by atoms with van der Waals surface area (Å²) in [5.41, 5.74) is 0.921. The molecule has 1 saturated heterocycles. The highest BCUT2D eigenvalue weighted by molar-refractivity contribution is 7.91. The van der Waals surface area contributed by atoms with Crippen LogP contribution in [-0.2, 0) is 37.3 Å². The first-order chi connectivity index (χ1) is 11.4. The second-order valence-electron chi connectivity index (χ2n) is 6.07. The molecule has 1 aromatic heterocycles. The molecule has 9 heteroatoms. The van der Waals surface area contributed by atoms with E-state index in [-0.39, 0.29) is 18.1 Å². The second-order valence-corrected chi connectivity index (χ2v) is 9.15. The Morgan fingerprint density at radius 3 is 3.00 bits per heavy atom. The van der Waals surface area contributed by atoms with Crippen LogP contribution in [0.2, 0.25) is 0 Å². The molecule has 0 aromatic carbocycles. The van der Waals surface area contributed by atoms with E-state index in [0.717, 1.165) is 10.4 Å². The summed E-state index contributed by atoms with van der Waals surface area (Å²) in [5.74, 6) is 0.0108. The average molecular weight is 374 g/mol. The Morgan fingerprint density at radius 2 is 2.29 bits per heavy atom. The number of hydrogen-bond acceptors (Lipinski definition) is 6. The second kappa shape index (κ2) is 7.09. The van der Waals surface area contributed by atoms with Gasteiger partial charge in [-0.25, -0.2) is 13.1 Å². The van der Waals surface area contributed by atoms with Crippen molar-refractivity contribution in [2.24, 2.45) is 0 Å². The van der Waals surface area contributed by atoms with Crippen molar-refractivity contribution in [1.29, 1.82) is 0 Å². The van der Waals surface area contributed by atoms with Gasteiger partial charge in [-0.05, 0) is 24.5 Å². The molecular weight excluding hydrogens is 352 g/mol. The number of methoxy groups -OCH3 is 1. The van der Waals surface area contributed by atoms with E-state index in [9.17, 15) is 13.2 Å². The third-order valence-corrected chi connectivity index (χ3v) is 7.66. The first-order valence-electron chi connectivity index (χ1n) is 7.90. The number of fused-ring (bicyclic) bond motifs is 1. The van der Waals surface area contributed by atoms with Gasteiger partial charge in [0.15, 0.2) is 0 Å². The summed E-state index contributed by atoms with van der Waals surface area (Å²) < 4.78 is 39.1. The maximum absolute atomic E-state index is 12.7. The van der Waals surface area contributed by atoms with Crippen molar-refractivity contribution < 1.29 is 22.7 Å². The van der Waals surface area contributed by atoms with E-state index in [1.54, 1.807) is 18.1 Å². The topological polar surface area (TPSA) is 84.9 Å². The number of rotatable bonds is 4. The van der Waals surface area contributed by atoms with E-state index >= 15 is 0 Å². The first kappa shape index (κ1) is 17.8. The first-order valence-corrected chi connectivity index (χ1v) is 10.2. The van der Waals surface area contributed by atoms with Crippen molar-refractivity contribution in [3.05, 3.63) is 16.5 Å². The fourth-order valence-electron chi connectivity index (χ4n) is 3.07. The van der Waals surface area contributed by atoms with Gasteiger partial charge in [-0.15, -0.1) is 11.3 Å². The van der Waals surface area contributed by atoms with Crippen LogP contribution in [0.25, 0.3) is 0 Å². The summed E-state index contributed by atoms with van der Waals surface area (Å²) in [7, 11) is -2.05. The summed E-state index contributed by atoms with van der Waals surface area (Å²) in [4.78, 5) is 14.3. The van der Waals surface area contributed by atoms with Gasteiger partial charge >= 0.3 is 0 Å². The van der Waals surface area contributed by atoms with Crippen molar-refractivity contribution >= 4 is 27.3 Å². The summed E-state index contributed by atoms with van der Waals surface area (Å²) in [6, 6.07) is 1.30. The molecule has 1 aromatic rings. The fraction of sp³-hybridized carbons (Fsp3) is 0.667. The summed E-state index contributed by atoms with van der Waals surface area (Å²) in [5, 5.41) is 0. The number of sulfonamides is 1. The Labute approximate surface area is 146 Å². The van der Waals surface area contributed by atoms with Crippen LogP contribution in [0.15, 0.2) is 10.3 Å². The van der Waals surface area contributed by atoms with Gasteiger partial charge in [0.1, 0.15) is 4.21 Å². The van der Waals surface area contributed by atoms with Crippen LogP contribution in [0.5, 0.6) is 0 Å². The largest absolute Gasteiger partial charge is 0.380 e. The Balaban J connectivity index is 1.77. The van der Waals surface area contributed by atoms with Crippen molar-refractivity contribution in [1.82, 2.24) is 9.62 Å². The summed E-state index contributed by atoms with van der Waals surface area (Å²) in [6.07, 6.45) is 1.18. The molecule has 0 unspecified atom stereocenters. The monoisotopic (exact) mass is 374 g/mol. The fourth-order valence-corrected chi connectivity index (χ4v) is 5.88. The number of hydrogen-bond donors (Lipinski definition) is 1. The minimum absolute atomic E-state index is 0.0108. The van der Waals surface area contributed by atoms with Crippen molar-refractivity contribution in [2.75, 3.05) is 26.9 Å². The maximum Gasteiger partial charge on any atom is 0.250 e. The van der Waals surface area contributed by atoms with Gasteiger partial charge in [0.2, 0.25) is 15.9 Å². The molecular formula is C15H22N2O5S2. The van der Waals surface area contributed by atoms with Crippen LogP contribution in [0.1, 0.15) is 23.8 Å². The van der Waals surface area contributed by atoms with E-state index in [4.69, 9.17) is 9.47 Å². The highest BCUT2D eigenvalue weighted by Gasteiger charge is 2.32. The van der Waals surface area contributed by atoms with E-state index in [1.165, 1.54) is 18.3 Å². The predicted molar refractivity (Wildman–Crippen MR) is 89.5 cm³/mol. The highest BCUT2D eigenvalue weighted by atomic mass is 32.2. The van der Waals surface area contributed by atoms with Crippen molar-refractivity contribution in [3.63, 3.8) is 0 Å². The smallest absolute Gasteiger partial charge is 0.250 e. The maximum atomic E-state index is 12.7. The Hall–Kier alpha value is -1.00. The highest BCUT2D eigenvalue weighted by Crippen LogP contribution is 2.31. The minimum Gasteiger partial charge on any atom is -0.380 e. The summed E-state index contributed by atoms with van der Waals surface area (Å²) in [6.45, 7) is 3.53. The average Bonchev–Trinajstić information content (AvgIpc) is 2.99. The molecule has 2 aliphatic heterocycles. The van der Waals surface area contributed by atoms with Crippen LogP contribution in [0.4, 0.5) is 0 Å². The van der Waals surface area contributed by atoms with Gasteiger partial charge in [-0.2, -0.15) is 0 Å². The Kier molecular flexibility index (Phi) is 5.26. The summed E-state index contributed by atoms with van der Waals surface area (Å²) >= 11 is 1.28. The van der Waals surface area contributed by atoms with Gasteiger partial charge in [-0.1, -0.05) is 0 Å². The standard InChI is InChI=1S/C15H22N2O5S2/c1-10(18)17-5-3-14-11(8-17)7-15(23-14)24(19,20)16-12-9-22-6-4-13(12)21-2/h7,12-13,16H,3-6,8-9H2,1-2H3/t12-,13-/m1/s1. The molecule has 0 spiro atoms. The molecule has 2 aliphatic rings. The van der Waals surface area contributed by atoms with Crippen LogP contribution < -0.4 is 4.72 Å². The van der Waals surface area contributed by atoms with E-state index in [0.29, 0.717) is 43.4 Å². The van der Waals surface area contributed by atoms with E-state index < -0.39 is 10.0 Å². The van der Waals surface area contributed by atoms with Crippen LogP contribution in [-0.4, -0.2) is 58.2 Å². The zero-order chi connectivity index (χ0) is 17.3. The van der Waals surface area contributed by atoms with Crippen molar-refractivity contribution in [3.8, 4) is 0 Å². The number of amides is 1. The predicted octanol–water partition coefficient (Wildman–Crippen LogP) is 0.735. The lowest BCUT2D eigenvalue weighted by Gasteiger charge is -2.30. The molecule has 0 bridgehead atoms. The van der Waals surface area contributed by atoms with E-state index in [2.05, 4.69) is 4.72 Å². The van der Waals surface area contributed by atoms with Gasteiger partial charge < -0.3 is 14.4 Å². The number of thiophene rings is 1. The lowest BCUT2D eigenvalue weighted by atomic mass is 10.1. The van der Waals surface area contributed by atoms with Crippen LogP contribution >= 0.6 is 11.3 Å². The zero-order valence-electron chi connectivity index (χ0n) is 13.8. The number of nitrogens with zero attached hydrogens (tertiary/aromatic N) is 1. The molecule has 24 heavy (non-hydrogen) atoms. The molecule has 1 amide bonds. The Morgan fingerprint density at radius 1 is 1.50 bits per heavy atom. The van der Waals surface area contributed by atoms with Crippen LogP contribution in [0, 0.1) is 0 Å². The normalized spacial score (nSPS) is 24.7.